The molecule has 0 bridgehead atoms. The van der Waals surface area contributed by atoms with E-state index in [1.54, 1.807) is 14.2 Å². The molecule has 1 aliphatic heterocycles. The van der Waals surface area contributed by atoms with Crippen LogP contribution in [0.2, 0.25) is 0 Å². The molecule has 0 saturated carbocycles. The molecule has 0 radical (unpaired) electrons. The van der Waals surface area contributed by atoms with Gasteiger partial charge in [-0.1, -0.05) is 0 Å². The molecule has 1 aliphatic rings. The molecule has 19 heavy (non-hydrogen) atoms. The first-order chi connectivity index (χ1) is 9.22. The van der Waals surface area contributed by atoms with E-state index in [0.717, 1.165) is 38.4 Å². The third-order valence-electron chi connectivity index (χ3n) is 3.39. The Balaban J connectivity index is 2.02. The van der Waals surface area contributed by atoms with Crippen LogP contribution in [0.25, 0.3) is 0 Å². The van der Waals surface area contributed by atoms with Crippen molar-refractivity contribution in [3.63, 3.8) is 0 Å². The predicted molar refractivity (Wildman–Crippen MR) is 74.0 cm³/mol. The second-order valence-electron chi connectivity index (χ2n) is 4.89. The van der Waals surface area contributed by atoms with E-state index in [0.29, 0.717) is 24.2 Å². The van der Waals surface area contributed by atoms with Crippen LogP contribution in [-0.4, -0.2) is 43.9 Å². The summed E-state index contributed by atoms with van der Waals surface area (Å²) >= 11 is 0. The summed E-state index contributed by atoms with van der Waals surface area (Å²) in [4.78, 5) is 10.9. The number of nitrogen functional groups attached to an aromatic ring is 1. The summed E-state index contributed by atoms with van der Waals surface area (Å²) in [5.74, 6) is 2.68. The number of hydrogen-bond acceptors (Lipinski definition) is 6. The molecule has 6 heteroatoms. The van der Waals surface area contributed by atoms with Gasteiger partial charge in [0.2, 0.25) is 0 Å². The first-order valence-electron chi connectivity index (χ1n) is 6.59. The Hall–Kier alpha value is -1.40. The smallest absolute Gasteiger partial charge is 0.158 e. The molecule has 1 aromatic heterocycles. The molecule has 1 aromatic rings. The van der Waals surface area contributed by atoms with Crippen LogP contribution < -0.4 is 10.6 Å². The van der Waals surface area contributed by atoms with Gasteiger partial charge >= 0.3 is 0 Å². The van der Waals surface area contributed by atoms with E-state index in [9.17, 15) is 0 Å². The fourth-order valence-electron chi connectivity index (χ4n) is 2.42. The summed E-state index contributed by atoms with van der Waals surface area (Å²) in [7, 11) is 3.39. The second kappa shape index (κ2) is 6.68. The fraction of sp³-hybridized carbons (Fsp3) is 0.692. The van der Waals surface area contributed by atoms with Crippen molar-refractivity contribution < 1.29 is 9.47 Å². The Morgan fingerprint density at radius 1 is 1.26 bits per heavy atom. The Morgan fingerprint density at radius 3 is 2.63 bits per heavy atom. The molecular formula is C13H22N4O2. The maximum Gasteiger partial charge on any atom is 0.158 e. The number of rotatable bonds is 5. The lowest BCUT2D eigenvalue weighted by molar-refractivity contribution is 0.139. The van der Waals surface area contributed by atoms with Crippen molar-refractivity contribution in [2.24, 2.45) is 5.92 Å². The lowest BCUT2D eigenvalue weighted by Gasteiger charge is -2.32. The zero-order chi connectivity index (χ0) is 13.7. The number of hydrogen-bond donors (Lipinski definition) is 1. The molecule has 2 heterocycles. The van der Waals surface area contributed by atoms with Crippen LogP contribution in [-0.2, 0) is 16.1 Å². The standard InChI is InChI=1S/C13H22N4O2/c1-18-8-10-3-5-17(6-4-10)13-7-11(14)15-12(16-13)9-19-2/h7,10H,3-6,8-9H2,1-2H3,(H2,14,15,16). The number of ether oxygens (including phenoxy) is 2. The van der Waals surface area contributed by atoms with Gasteiger partial charge in [-0.2, -0.15) is 0 Å². The highest BCUT2D eigenvalue weighted by molar-refractivity contribution is 5.47. The van der Waals surface area contributed by atoms with Crippen molar-refractivity contribution in [1.29, 1.82) is 0 Å². The second-order valence-corrected chi connectivity index (χ2v) is 4.89. The van der Waals surface area contributed by atoms with E-state index < -0.39 is 0 Å². The maximum absolute atomic E-state index is 5.82. The van der Waals surface area contributed by atoms with Gasteiger partial charge in [-0.05, 0) is 18.8 Å². The van der Waals surface area contributed by atoms with E-state index in [1.807, 2.05) is 6.07 Å². The Labute approximate surface area is 113 Å². The van der Waals surface area contributed by atoms with Crippen LogP contribution >= 0.6 is 0 Å². The molecule has 106 valence electrons. The largest absolute Gasteiger partial charge is 0.384 e. The van der Waals surface area contributed by atoms with Gasteiger partial charge in [0.25, 0.3) is 0 Å². The Kier molecular flexibility index (Phi) is 4.93. The molecule has 2 N–H and O–H groups in total. The lowest BCUT2D eigenvalue weighted by atomic mass is 9.98. The number of piperidine rings is 1. The topological polar surface area (TPSA) is 73.5 Å². The number of nitrogens with two attached hydrogens (primary N) is 1. The number of anilines is 2. The van der Waals surface area contributed by atoms with Gasteiger partial charge in [-0.25, -0.2) is 9.97 Å². The van der Waals surface area contributed by atoms with Crippen LogP contribution in [0.15, 0.2) is 6.07 Å². The molecule has 6 nitrogen and oxygen atoms in total. The third-order valence-corrected chi connectivity index (χ3v) is 3.39. The van der Waals surface area contributed by atoms with Crippen molar-refractivity contribution in [1.82, 2.24) is 9.97 Å². The minimum atomic E-state index is 0.387. The molecular weight excluding hydrogens is 244 g/mol. The summed E-state index contributed by atoms with van der Waals surface area (Å²) < 4.78 is 10.3. The molecule has 2 rings (SSSR count). The lowest BCUT2D eigenvalue weighted by Crippen LogP contribution is -2.35. The quantitative estimate of drug-likeness (QED) is 0.859. The highest BCUT2D eigenvalue weighted by Crippen LogP contribution is 2.23. The highest BCUT2D eigenvalue weighted by Gasteiger charge is 2.20. The average Bonchev–Trinajstić information content (AvgIpc) is 2.40. The fourth-order valence-corrected chi connectivity index (χ4v) is 2.42. The molecule has 1 saturated heterocycles. The van der Waals surface area contributed by atoms with Gasteiger partial charge in [0, 0.05) is 40.0 Å². The molecule has 0 unspecified atom stereocenters. The van der Waals surface area contributed by atoms with Crippen molar-refractivity contribution in [2.45, 2.75) is 19.4 Å². The van der Waals surface area contributed by atoms with Gasteiger partial charge in [-0.3, -0.25) is 0 Å². The summed E-state index contributed by atoms with van der Waals surface area (Å²) in [5.41, 5.74) is 5.82. The number of nitrogens with zero attached hydrogens (tertiary/aromatic N) is 3. The monoisotopic (exact) mass is 266 g/mol. The van der Waals surface area contributed by atoms with Crippen molar-refractivity contribution >= 4 is 11.6 Å². The van der Waals surface area contributed by atoms with E-state index >= 15 is 0 Å². The maximum atomic E-state index is 5.82. The first-order valence-corrected chi connectivity index (χ1v) is 6.59. The third kappa shape index (κ3) is 3.78. The molecule has 0 aromatic carbocycles. The van der Waals surface area contributed by atoms with Crippen LogP contribution in [0.5, 0.6) is 0 Å². The zero-order valence-corrected chi connectivity index (χ0v) is 11.6. The Bertz CT molecular complexity index is 406. The van der Waals surface area contributed by atoms with Gasteiger partial charge in [0.15, 0.2) is 5.82 Å². The van der Waals surface area contributed by atoms with Crippen molar-refractivity contribution in [3.8, 4) is 0 Å². The van der Waals surface area contributed by atoms with Gasteiger partial charge in [-0.15, -0.1) is 0 Å². The van der Waals surface area contributed by atoms with Crippen LogP contribution in [0.4, 0.5) is 11.6 Å². The number of aromatic nitrogens is 2. The minimum absolute atomic E-state index is 0.387. The Morgan fingerprint density at radius 2 is 2.00 bits per heavy atom. The molecule has 1 fully saturated rings. The number of methoxy groups -OCH3 is 2. The summed E-state index contributed by atoms with van der Waals surface area (Å²) in [6.45, 7) is 3.20. The molecule has 0 amide bonds. The van der Waals surface area contributed by atoms with E-state index in [2.05, 4.69) is 14.9 Å². The van der Waals surface area contributed by atoms with Crippen molar-refractivity contribution in [3.05, 3.63) is 11.9 Å². The molecule has 0 atom stereocenters. The van der Waals surface area contributed by atoms with Crippen LogP contribution in [0, 0.1) is 5.92 Å². The highest BCUT2D eigenvalue weighted by atomic mass is 16.5. The minimum Gasteiger partial charge on any atom is -0.384 e. The van der Waals surface area contributed by atoms with E-state index in [-0.39, 0.29) is 0 Å². The van der Waals surface area contributed by atoms with E-state index in [4.69, 9.17) is 15.2 Å². The predicted octanol–water partition coefficient (Wildman–Crippen LogP) is 1.07. The van der Waals surface area contributed by atoms with Crippen LogP contribution in [0.1, 0.15) is 18.7 Å². The SMILES string of the molecule is COCc1nc(N)cc(N2CCC(COC)CC2)n1. The zero-order valence-electron chi connectivity index (χ0n) is 11.6. The van der Waals surface area contributed by atoms with E-state index in [1.165, 1.54) is 0 Å². The summed E-state index contributed by atoms with van der Waals surface area (Å²) in [6.07, 6.45) is 2.24. The van der Waals surface area contributed by atoms with Gasteiger partial charge in [0.05, 0.1) is 0 Å². The van der Waals surface area contributed by atoms with Crippen LogP contribution in [0.3, 0.4) is 0 Å². The van der Waals surface area contributed by atoms with Gasteiger partial charge in [0.1, 0.15) is 18.2 Å². The van der Waals surface area contributed by atoms with Crippen molar-refractivity contribution in [2.75, 3.05) is 44.5 Å². The summed E-state index contributed by atoms with van der Waals surface area (Å²) in [6, 6.07) is 1.83. The summed E-state index contributed by atoms with van der Waals surface area (Å²) in [5, 5.41) is 0. The molecule has 0 aliphatic carbocycles. The van der Waals surface area contributed by atoms with Gasteiger partial charge < -0.3 is 20.1 Å². The first kappa shape index (κ1) is 14.0. The average molecular weight is 266 g/mol. The molecule has 0 spiro atoms. The normalized spacial score (nSPS) is 16.8.